The molecule has 0 spiro atoms. The van der Waals surface area contributed by atoms with Crippen molar-refractivity contribution in [1.82, 2.24) is 25.1 Å². The van der Waals surface area contributed by atoms with Crippen molar-refractivity contribution in [3.05, 3.63) is 36.3 Å². The summed E-state index contributed by atoms with van der Waals surface area (Å²) < 4.78 is 18.9. The average molecular weight is 453 g/mol. The quantitative estimate of drug-likeness (QED) is 0.576. The highest BCUT2D eigenvalue weighted by Crippen LogP contribution is 2.41. The molecule has 1 fully saturated rings. The number of aromatic nitrogens is 4. The molecule has 0 unspecified atom stereocenters. The molecular formula is C23H28N6O4. The van der Waals surface area contributed by atoms with Gasteiger partial charge in [-0.2, -0.15) is 5.10 Å². The maximum absolute atomic E-state index is 12.3. The minimum Gasteiger partial charge on any atom is -0.483 e. The van der Waals surface area contributed by atoms with Gasteiger partial charge in [-0.25, -0.2) is 14.6 Å². The first-order chi connectivity index (χ1) is 16.0. The number of carbonyl (C=O) groups is 1. The van der Waals surface area contributed by atoms with E-state index in [4.69, 9.17) is 14.2 Å². The highest BCUT2D eigenvalue weighted by atomic mass is 16.5. The van der Waals surface area contributed by atoms with Crippen LogP contribution >= 0.6 is 0 Å². The van der Waals surface area contributed by atoms with Crippen LogP contribution in [0.4, 0.5) is 5.82 Å². The van der Waals surface area contributed by atoms with Crippen molar-refractivity contribution in [1.29, 1.82) is 0 Å². The van der Waals surface area contributed by atoms with Crippen LogP contribution in [-0.2, 0) is 22.5 Å². The molecule has 1 saturated heterocycles. The van der Waals surface area contributed by atoms with E-state index in [1.165, 1.54) is 0 Å². The normalized spacial score (nSPS) is 17.0. The van der Waals surface area contributed by atoms with Gasteiger partial charge in [0.1, 0.15) is 17.7 Å². The molecule has 174 valence electrons. The molecular weight excluding hydrogens is 424 g/mol. The number of hydrogen-bond donors (Lipinski definition) is 1. The Morgan fingerprint density at radius 3 is 2.94 bits per heavy atom. The van der Waals surface area contributed by atoms with E-state index in [9.17, 15) is 4.79 Å². The monoisotopic (exact) mass is 452 g/mol. The van der Waals surface area contributed by atoms with E-state index in [1.54, 1.807) is 17.2 Å². The summed E-state index contributed by atoms with van der Waals surface area (Å²) in [6.07, 6.45) is 4.16. The molecule has 10 heteroatoms. The van der Waals surface area contributed by atoms with Crippen molar-refractivity contribution in [2.75, 3.05) is 44.4 Å². The van der Waals surface area contributed by atoms with Gasteiger partial charge in [-0.15, -0.1) is 0 Å². The third-order valence-corrected chi connectivity index (χ3v) is 5.78. The first-order valence-corrected chi connectivity index (χ1v) is 11.2. The maximum atomic E-state index is 12.3. The van der Waals surface area contributed by atoms with Crippen molar-refractivity contribution in [2.45, 2.75) is 32.4 Å². The zero-order valence-corrected chi connectivity index (χ0v) is 18.9. The molecule has 10 nitrogen and oxygen atoms in total. The SMILES string of the molecule is CC1(C)Cc2cccc(OCC(=O)NCCn3ncc4c(N5CCOCC5)ncnc43)c2O1. The van der Waals surface area contributed by atoms with Crippen LogP contribution in [-0.4, -0.2) is 70.7 Å². The van der Waals surface area contributed by atoms with Crippen LogP contribution in [0.2, 0.25) is 0 Å². The van der Waals surface area contributed by atoms with E-state index in [-0.39, 0.29) is 18.1 Å². The lowest BCUT2D eigenvalue weighted by Crippen LogP contribution is -2.36. The van der Waals surface area contributed by atoms with E-state index in [1.807, 2.05) is 32.0 Å². The average Bonchev–Trinajstić information content (AvgIpc) is 3.37. The topological polar surface area (TPSA) is 104 Å². The van der Waals surface area contributed by atoms with E-state index in [0.29, 0.717) is 32.1 Å². The first kappa shape index (κ1) is 21.4. The summed E-state index contributed by atoms with van der Waals surface area (Å²) in [5.41, 5.74) is 1.58. The molecule has 1 N–H and O–H groups in total. The fourth-order valence-corrected chi connectivity index (χ4v) is 4.27. The molecule has 0 atom stereocenters. The Labute approximate surface area is 191 Å². The number of rotatable bonds is 7. The lowest BCUT2D eigenvalue weighted by atomic mass is 10.0. The molecule has 0 radical (unpaired) electrons. The number of hydrogen-bond acceptors (Lipinski definition) is 8. The Morgan fingerprint density at radius 2 is 2.09 bits per heavy atom. The third kappa shape index (κ3) is 4.56. The van der Waals surface area contributed by atoms with E-state index < -0.39 is 0 Å². The number of benzene rings is 1. The van der Waals surface area contributed by atoms with Crippen molar-refractivity contribution in [3.63, 3.8) is 0 Å². The Hall–Kier alpha value is -3.40. The second-order valence-electron chi connectivity index (χ2n) is 8.82. The number of ether oxygens (including phenoxy) is 3. The van der Waals surface area contributed by atoms with Gasteiger partial charge in [0.25, 0.3) is 5.91 Å². The van der Waals surface area contributed by atoms with Crippen molar-refractivity contribution in [3.8, 4) is 11.5 Å². The molecule has 2 aliphatic rings. The third-order valence-electron chi connectivity index (χ3n) is 5.78. The molecule has 1 aromatic carbocycles. The smallest absolute Gasteiger partial charge is 0.258 e. The predicted octanol–water partition coefficient (Wildman–Crippen LogP) is 1.57. The fourth-order valence-electron chi connectivity index (χ4n) is 4.27. The summed E-state index contributed by atoms with van der Waals surface area (Å²) in [7, 11) is 0. The van der Waals surface area contributed by atoms with Crippen LogP contribution < -0.4 is 19.7 Å². The molecule has 4 heterocycles. The lowest BCUT2D eigenvalue weighted by Gasteiger charge is -2.27. The van der Waals surface area contributed by atoms with Crippen molar-refractivity contribution < 1.29 is 19.0 Å². The highest BCUT2D eigenvalue weighted by Gasteiger charge is 2.32. The summed E-state index contributed by atoms with van der Waals surface area (Å²) in [4.78, 5) is 23.4. The van der Waals surface area contributed by atoms with Gasteiger partial charge in [0.05, 0.1) is 31.3 Å². The van der Waals surface area contributed by atoms with Crippen LogP contribution in [0.25, 0.3) is 11.0 Å². The Morgan fingerprint density at radius 1 is 1.24 bits per heavy atom. The number of para-hydroxylation sites is 1. The summed E-state index contributed by atoms with van der Waals surface area (Å²) in [5, 5.41) is 8.23. The van der Waals surface area contributed by atoms with E-state index in [0.717, 1.165) is 47.7 Å². The van der Waals surface area contributed by atoms with Crippen LogP contribution in [0.5, 0.6) is 11.5 Å². The van der Waals surface area contributed by atoms with Crippen LogP contribution in [0, 0.1) is 0 Å². The number of anilines is 1. The van der Waals surface area contributed by atoms with Gasteiger partial charge in [0.15, 0.2) is 23.8 Å². The number of carbonyl (C=O) groups excluding carboxylic acids is 1. The second-order valence-corrected chi connectivity index (χ2v) is 8.82. The Kier molecular flexibility index (Phi) is 5.76. The highest BCUT2D eigenvalue weighted by molar-refractivity contribution is 5.86. The van der Waals surface area contributed by atoms with Gasteiger partial charge >= 0.3 is 0 Å². The zero-order chi connectivity index (χ0) is 22.8. The maximum Gasteiger partial charge on any atom is 0.258 e. The van der Waals surface area contributed by atoms with Gasteiger partial charge in [0.2, 0.25) is 0 Å². The fraction of sp³-hybridized carbons (Fsp3) is 0.478. The molecule has 0 saturated carbocycles. The second kappa shape index (κ2) is 8.86. The standard InChI is InChI=1S/C23H28N6O4/c1-23(2)12-16-4-3-5-18(20(16)33-23)32-14-19(30)24-6-7-29-22-17(13-27-29)21(25-15-26-22)28-8-10-31-11-9-28/h3-5,13,15H,6-12,14H2,1-2H3,(H,24,30). The van der Waals surface area contributed by atoms with Crippen LogP contribution in [0.1, 0.15) is 19.4 Å². The van der Waals surface area contributed by atoms with Gasteiger partial charge in [-0.1, -0.05) is 12.1 Å². The molecule has 2 aromatic heterocycles. The Bertz CT molecular complexity index is 1160. The molecule has 33 heavy (non-hydrogen) atoms. The molecule has 5 rings (SSSR count). The van der Waals surface area contributed by atoms with Gasteiger partial charge in [-0.3, -0.25) is 4.79 Å². The predicted molar refractivity (Wildman–Crippen MR) is 122 cm³/mol. The minimum atomic E-state index is -0.262. The summed E-state index contributed by atoms with van der Waals surface area (Å²) in [6.45, 7) is 7.85. The summed E-state index contributed by atoms with van der Waals surface area (Å²) >= 11 is 0. The van der Waals surface area contributed by atoms with Gasteiger partial charge in [-0.05, 0) is 19.9 Å². The number of nitrogens with zero attached hydrogens (tertiary/aromatic N) is 5. The van der Waals surface area contributed by atoms with E-state index in [2.05, 4.69) is 25.3 Å². The van der Waals surface area contributed by atoms with Crippen LogP contribution in [0.3, 0.4) is 0 Å². The zero-order valence-electron chi connectivity index (χ0n) is 18.9. The summed E-state index contributed by atoms with van der Waals surface area (Å²) in [5.74, 6) is 1.99. The number of amides is 1. The van der Waals surface area contributed by atoms with Gasteiger partial charge < -0.3 is 24.4 Å². The number of morpholine rings is 1. The molecule has 0 aliphatic carbocycles. The lowest BCUT2D eigenvalue weighted by molar-refractivity contribution is -0.123. The van der Waals surface area contributed by atoms with Crippen molar-refractivity contribution >= 4 is 22.8 Å². The summed E-state index contributed by atoms with van der Waals surface area (Å²) in [6, 6.07) is 5.78. The van der Waals surface area contributed by atoms with Gasteiger partial charge in [0, 0.05) is 31.6 Å². The van der Waals surface area contributed by atoms with Crippen LogP contribution in [0.15, 0.2) is 30.7 Å². The Balaban J connectivity index is 1.16. The first-order valence-electron chi connectivity index (χ1n) is 11.2. The minimum absolute atomic E-state index is 0.0799. The molecule has 2 aliphatic heterocycles. The number of nitrogens with one attached hydrogen (secondary N) is 1. The largest absolute Gasteiger partial charge is 0.483 e. The van der Waals surface area contributed by atoms with E-state index >= 15 is 0 Å². The molecule has 0 bridgehead atoms. The van der Waals surface area contributed by atoms with Crippen molar-refractivity contribution in [2.24, 2.45) is 0 Å². The molecule has 1 amide bonds. The molecule has 3 aromatic rings. The number of fused-ring (bicyclic) bond motifs is 2.